The van der Waals surface area contributed by atoms with Crippen LogP contribution in [0.5, 0.6) is 0 Å². The number of allylic oxidation sites excluding steroid dienone is 2. The topological polar surface area (TPSA) is 298 Å². The zero-order chi connectivity index (χ0) is 47.9. The van der Waals surface area contributed by atoms with Gasteiger partial charge in [0.1, 0.15) is 67.1 Å². The Kier molecular flexibility index (Phi) is 15.1. The Morgan fingerprint density at radius 3 is 1.82 bits per heavy atom. The lowest BCUT2D eigenvalue weighted by molar-refractivity contribution is -0.367. The van der Waals surface area contributed by atoms with Crippen molar-refractivity contribution >= 4 is 0 Å². The average molecular weight is 933 g/mol. The van der Waals surface area contributed by atoms with Crippen LogP contribution in [0.3, 0.4) is 0 Å². The van der Waals surface area contributed by atoms with Gasteiger partial charge in [-0.1, -0.05) is 46.3 Å². The summed E-state index contributed by atoms with van der Waals surface area (Å²) >= 11 is 0. The Labute approximate surface area is 382 Å². The highest BCUT2D eigenvalue weighted by Crippen LogP contribution is 2.76. The molecule has 3 aliphatic heterocycles. The highest BCUT2D eigenvalue weighted by Gasteiger charge is 2.74. The molecule has 7 fully saturated rings. The summed E-state index contributed by atoms with van der Waals surface area (Å²) in [5.41, 5.74) is -2.40. The first-order valence-electron chi connectivity index (χ1n) is 23.9. The van der Waals surface area contributed by atoms with Crippen molar-refractivity contribution in [2.45, 2.75) is 217 Å². The molecule has 18 nitrogen and oxygen atoms in total. The van der Waals surface area contributed by atoms with Crippen molar-refractivity contribution in [3.05, 3.63) is 11.6 Å². The predicted octanol–water partition coefficient (Wildman–Crippen LogP) is -0.417. The maximum atomic E-state index is 12.7. The Balaban J connectivity index is 1.27. The molecule has 3 saturated heterocycles. The van der Waals surface area contributed by atoms with Crippen molar-refractivity contribution in [2.24, 2.45) is 45.3 Å². The normalized spacial score (nSPS) is 52.8. The van der Waals surface area contributed by atoms with Crippen molar-refractivity contribution in [1.29, 1.82) is 0 Å². The van der Waals surface area contributed by atoms with Gasteiger partial charge in [0.2, 0.25) is 0 Å². The zero-order valence-electron chi connectivity index (χ0n) is 39.3. The zero-order valence-corrected chi connectivity index (χ0v) is 39.3. The molecule has 0 radical (unpaired) electrons. The molecule has 0 amide bonds. The van der Waals surface area contributed by atoms with Crippen molar-refractivity contribution in [3.8, 4) is 0 Å². The molecule has 0 unspecified atom stereocenters. The fourth-order valence-corrected chi connectivity index (χ4v) is 14.7. The first kappa shape index (κ1) is 51.9. The molecule has 0 aromatic heterocycles. The number of fused-ring (bicyclic) bond motifs is 5. The summed E-state index contributed by atoms with van der Waals surface area (Å²) in [5, 5.41) is 131. The minimum Gasteiger partial charge on any atom is -0.394 e. The van der Waals surface area contributed by atoms with Crippen LogP contribution in [0.4, 0.5) is 0 Å². The van der Waals surface area contributed by atoms with Crippen molar-refractivity contribution in [3.63, 3.8) is 0 Å². The molecule has 0 spiro atoms. The van der Waals surface area contributed by atoms with Crippen molar-refractivity contribution in [1.82, 2.24) is 0 Å². The molecular formula is C47H80O18. The molecule has 0 bridgehead atoms. The molecular weight excluding hydrogens is 852 g/mol. The van der Waals surface area contributed by atoms with Gasteiger partial charge in [-0.25, -0.2) is 0 Å². The van der Waals surface area contributed by atoms with E-state index in [1.807, 2.05) is 34.6 Å². The van der Waals surface area contributed by atoms with Crippen LogP contribution in [0.15, 0.2) is 11.6 Å². The van der Waals surface area contributed by atoms with Gasteiger partial charge in [0.05, 0.1) is 43.7 Å². The number of rotatable bonds is 13. The van der Waals surface area contributed by atoms with Crippen LogP contribution < -0.4 is 0 Å². The minimum absolute atomic E-state index is 0.0826. The largest absolute Gasteiger partial charge is 0.394 e. The predicted molar refractivity (Wildman–Crippen MR) is 229 cm³/mol. The van der Waals surface area contributed by atoms with Gasteiger partial charge in [0.15, 0.2) is 18.9 Å². The summed E-state index contributed by atoms with van der Waals surface area (Å²) in [6.07, 6.45) is -16.7. The lowest BCUT2D eigenvalue weighted by Gasteiger charge is -2.72. The molecule has 0 aromatic carbocycles. The van der Waals surface area contributed by atoms with Crippen molar-refractivity contribution < 1.29 is 89.7 Å². The number of hydrogen-bond donors (Lipinski definition) is 12. The molecule has 18 heteroatoms. The van der Waals surface area contributed by atoms with Gasteiger partial charge in [0.25, 0.3) is 0 Å². The van der Waals surface area contributed by atoms with Crippen LogP contribution in [0.1, 0.15) is 107 Å². The van der Waals surface area contributed by atoms with E-state index in [9.17, 15) is 61.3 Å². The monoisotopic (exact) mass is 933 g/mol. The van der Waals surface area contributed by atoms with Crippen LogP contribution in [0.25, 0.3) is 0 Å². The quantitative estimate of drug-likeness (QED) is 0.0825. The molecule has 4 aliphatic carbocycles. The summed E-state index contributed by atoms with van der Waals surface area (Å²) in [7, 11) is 0. The molecule has 376 valence electrons. The van der Waals surface area contributed by atoms with Crippen LogP contribution in [-0.2, 0) is 28.4 Å². The summed E-state index contributed by atoms with van der Waals surface area (Å²) in [6.45, 7) is 14.7. The summed E-state index contributed by atoms with van der Waals surface area (Å²) in [6, 6.07) is 0. The van der Waals surface area contributed by atoms with Gasteiger partial charge in [-0.2, -0.15) is 0 Å². The lowest BCUT2D eigenvalue weighted by atomic mass is 9.34. The third-order valence-corrected chi connectivity index (χ3v) is 18.4. The molecule has 0 aromatic rings. The van der Waals surface area contributed by atoms with Gasteiger partial charge in [0, 0.05) is 0 Å². The fraction of sp³-hybridized carbons (Fsp3) is 0.957. The van der Waals surface area contributed by atoms with E-state index in [-0.39, 0.29) is 23.7 Å². The maximum Gasteiger partial charge on any atom is 0.187 e. The molecule has 7 rings (SSSR count). The van der Waals surface area contributed by atoms with E-state index >= 15 is 0 Å². The second-order valence-corrected chi connectivity index (χ2v) is 22.6. The second kappa shape index (κ2) is 19.0. The molecule has 4 saturated carbocycles. The molecule has 25 atom stereocenters. The Morgan fingerprint density at radius 1 is 0.662 bits per heavy atom. The van der Waals surface area contributed by atoms with Crippen LogP contribution >= 0.6 is 0 Å². The smallest absolute Gasteiger partial charge is 0.187 e. The average Bonchev–Trinajstić information content (AvgIpc) is 3.76. The van der Waals surface area contributed by atoms with E-state index in [0.717, 1.165) is 5.57 Å². The van der Waals surface area contributed by atoms with Gasteiger partial charge in [-0.15, -0.1) is 0 Å². The van der Waals surface area contributed by atoms with Gasteiger partial charge >= 0.3 is 0 Å². The SMILES string of the molecule is CC(C)=CCC[C@](C)(O[C@@H]1O[C@H](CO)[C@@H](O)[C@H](O)[C@H]1O)[C@H]1CC[C@]2(C)[C@@H]1[C@H](O)C[C@@H]1[C@@]3(C)CC[C@H](O)C(C)(C)[C@@H]3[C@@H](O[C@@H]3O[C@H](CO)[C@@H](O)[C@H](O)[C@H]3O[C@@H]3O[C@@H](CO)[C@H](O)[C@H]3O)C[C@]12C. The van der Waals surface area contributed by atoms with Crippen LogP contribution in [0.2, 0.25) is 0 Å². The summed E-state index contributed by atoms with van der Waals surface area (Å²) in [4.78, 5) is 0. The molecule has 7 aliphatic rings. The highest BCUT2D eigenvalue weighted by molar-refractivity contribution is 5.22. The number of aliphatic hydroxyl groups excluding tert-OH is 12. The van der Waals surface area contributed by atoms with Gasteiger partial charge in [-0.3, -0.25) is 0 Å². The van der Waals surface area contributed by atoms with E-state index in [4.69, 9.17) is 28.4 Å². The highest BCUT2D eigenvalue weighted by atomic mass is 16.8. The van der Waals surface area contributed by atoms with Gasteiger partial charge < -0.3 is 89.7 Å². The summed E-state index contributed by atoms with van der Waals surface area (Å²) < 4.78 is 37.8. The van der Waals surface area contributed by atoms with E-state index in [0.29, 0.717) is 51.4 Å². The van der Waals surface area contributed by atoms with Crippen LogP contribution in [0, 0.1) is 45.3 Å². The second-order valence-electron chi connectivity index (χ2n) is 22.6. The van der Waals surface area contributed by atoms with E-state index in [1.165, 1.54) is 0 Å². The standard InChI is InChI=1S/C47H80O18/c1-21(2)10-9-13-47(8,65-41-37(59)34(56)31(53)25(18-48)62-41)22-11-15-45(6)30(22)23(51)16-28-44(5)14-12-29(52)43(3,4)39(44)24(17-46(28,45)7)60-42-38(35(57)32(54)26(19-49)63-42)64-40-36(58)33(55)27(20-50)61-40/h10,22-42,48-59H,9,11-20H2,1-8H3/t22-,23+,24-,25+,26+,27-,28+,29-,30-,31+,32+,33-,34-,35-,36+,37+,38+,39-,40-,41-,42+,44+,45+,46+,47-/m0/s1. The van der Waals surface area contributed by atoms with Gasteiger partial charge in [-0.05, 0) is 117 Å². The maximum absolute atomic E-state index is 12.7. The Bertz CT molecular complexity index is 1660. The number of ether oxygens (including phenoxy) is 6. The van der Waals surface area contributed by atoms with Crippen molar-refractivity contribution in [2.75, 3.05) is 19.8 Å². The first-order valence-corrected chi connectivity index (χ1v) is 23.9. The minimum atomic E-state index is -1.72. The van der Waals surface area contributed by atoms with E-state index in [1.54, 1.807) is 0 Å². The number of aliphatic hydroxyl groups is 12. The third kappa shape index (κ3) is 8.62. The third-order valence-electron chi connectivity index (χ3n) is 18.4. The first-order chi connectivity index (χ1) is 30.3. The molecule has 65 heavy (non-hydrogen) atoms. The summed E-state index contributed by atoms with van der Waals surface area (Å²) in [5.74, 6) is -1.11. The Morgan fingerprint density at radius 2 is 1.22 bits per heavy atom. The molecule has 3 heterocycles. The van der Waals surface area contributed by atoms with Crippen LogP contribution in [-0.4, -0.2) is 191 Å². The van der Waals surface area contributed by atoms with E-state index in [2.05, 4.69) is 26.8 Å². The molecule has 12 N–H and O–H groups in total. The van der Waals surface area contributed by atoms with E-state index < -0.39 is 151 Å². The fourth-order valence-electron chi connectivity index (χ4n) is 14.7. The number of hydrogen-bond acceptors (Lipinski definition) is 18. The lowest BCUT2D eigenvalue weighted by Crippen LogP contribution is -2.71. The Hall–Kier alpha value is -0.980.